The van der Waals surface area contributed by atoms with E-state index in [9.17, 15) is 4.79 Å². The summed E-state index contributed by atoms with van der Waals surface area (Å²) >= 11 is 0. The Balaban J connectivity index is 4.56. The van der Waals surface area contributed by atoms with Crippen molar-refractivity contribution in [3.8, 4) is 0 Å². The van der Waals surface area contributed by atoms with Gasteiger partial charge in [-0.2, -0.15) is 0 Å². The van der Waals surface area contributed by atoms with Gasteiger partial charge in [0.1, 0.15) is 5.67 Å². The fraction of sp³-hybridized carbons (Fsp3) is 0.875. The van der Waals surface area contributed by atoms with E-state index in [4.69, 9.17) is 8.85 Å². The molecule has 5 heteroatoms. The second kappa shape index (κ2) is 6.04. The molecule has 0 aliphatic carbocycles. The Morgan fingerprint density at radius 1 is 1.46 bits per heavy atom. The highest BCUT2D eigenvalue weighted by Crippen LogP contribution is 2.17. The molecule has 0 N–H and O–H groups in total. The number of isocyanates is 1. The smallest absolute Gasteiger partial charge is 0.360 e. The molecule has 0 saturated carbocycles. The van der Waals surface area contributed by atoms with E-state index in [1.54, 1.807) is 20.3 Å². The van der Waals surface area contributed by atoms with E-state index in [2.05, 4.69) is 4.99 Å². The SMILES string of the molecule is CCCC(N=C=O)[Si](C)(OC)OC. The predicted octanol–water partition coefficient (Wildman–Crippen LogP) is 1.39. The Labute approximate surface area is 80.2 Å². The number of hydrogen-bond acceptors (Lipinski definition) is 4. The van der Waals surface area contributed by atoms with Crippen LogP contribution in [0.2, 0.25) is 6.55 Å². The third-order valence-corrected chi connectivity index (χ3v) is 5.44. The molecule has 0 aromatic carbocycles. The molecule has 0 aliphatic rings. The van der Waals surface area contributed by atoms with Gasteiger partial charge in [-0.1, -0.05) is 13.3 Å². The van der Waals surface area contributed by atoms with Crippen LogP contribution in [0, 0.1) is 0 Å². The van der Waals surface area contributed by atoms with Crippen LogP contribution >= 0.6 is 0 Å². The molecule has 0 fully saturated rings. The first kappa shape index (κ1) is 12.5. The molecular formula is C8H17NO3Si. The quantitative estimate of drug-likeness (QED) is 0.372. The summed E-state index contributed by atoms with van der Waals surface area (Å²) in [7, 11) is 0.894. The van der Waals surface area contributed by atoms with Crippen LogP contribution in [-0.2, 0) is 13.6 Å². The van der Waals surface area contributed by atoms with Gasteiger partial charge in [0.05, 0.1) is 0 Å². The topological polar surface area (TPSA) is 47.9 Å². The summed E-state index contributed by atoms with van der Waals surface area (Å²) < 4.78 is 10.6. The Morgan fingerprint density at radius 3 is 2.31 bits per heavy atom. The molecule has 0 heterocycles. The van der Waals surface area contributed by atoms with Crippen LogP contribution in [0.5, 0.6) is 0 Å². The van der Waals surface area contributed by atoms with Crippen molar-refractivity contribution in [1.29, 1.82) is 0 Å². The molecule has 0 bridgehead atoms. The van der Waals surface area contributed by atoms with E-state index in [-0.39, 0.29) is 5.67 Å². The molecule has 0 spiro atoms. The van der Waals surface area contributed by atoms with Gasteiger partial charge in [0.15, 0.2) is 0 Å². The highest BCUT2D eigenvalue weighted by atomic mass is 28.4. The summed E-state index contributed by atoms with van der Waals surface area (Å²) in [4.78, 5) is 13.9. The number of aliphatic imine (C=N–C) groups is 1. The highest BCUT2D eigenvalue weighted by Gasteiger charge is 2.39. The van der Waals surface area contributed by atoms with Crippen LogP contribution in [-0.4, -0.2) is 34.5 Å². The van der Waals surface area contributed by atoms with Crippen LogP contribution in [0.1, 0.15) is 19.8 Å². The third-order valence-electron chi connectivity index (χ3n) is 2.19. The molecule has 13 heavy (non-hydrogen) atoms. The van der Waals surface area contributed by atoms with Gasteiger partial charge >= 0.3 is 8.56 Å². The molecule has 0 aromatic heterocycles. The van der Waals surface area contributed by atoms with Crippen LogP contribution in [0.4, 0.5) is 0 Å². The Kier molecular flexibility index (Phi) is 5.82. The van der Waals surface area contributed by atoms with Gasteiger partial charge in [-0.25, -0.2) is 9.79 Å². The van der Waals surface area contributed by atoms with Crippen molar-refractivity contribution in [1.82, 2.24) is 0 Å². The number of nitrogens with zero attached hydrogens (tertiary/aromatic N) is 1. The Bertz CT molecular complexity index is 188. The van der Waals surface area contributed by atoms with E-state index in [1.165, 1.54) is 0 Å². The minimum absolute atomic E-state index is 0.148. The highest BCUT2D eigenvalue weighted by molar-refractivity contribution is 6.67. The van der Waals surface area contributed by atoms with Crippen LogP contribution < -0.4 is 0 Å². The summed E-state index contributed by atoms with van der Waals surface area (Å²) in [5.41, 5.74) is -0.148. The maximum Gasteiger partial charge on any atom is 0.360 e. The molecule has 1 unspecified atom stereocenters. The summed E-state index contributed by atoms with van der Waals surface area (Å²) in [5.74, 6) is 0. The van der Waals surface area contributed by atoms with E-state index in [0.29, 0.717) is 0 Å². The largest absolute Gasteiger partial charge is 0.397 e. The zero-order valence-corrected chi connectivity index (χ0v) is 9.66. The maximum absolute atomic E-state index is 10.2. The van der Waals surface area contributed by atoms with Gasteiger partial charge < -0.3 is 8.85 Å². The minimum atomic E-state index is -2.30. The van der Waals surface area contributed by atoms with Gasteiger partial charge in [-0.05, 0) is 13.0 Å². The zero-order valence-electron chi connectivity index (χ0n) is 8.66. The molecule has 0 aromatic rings. The lowest BCUT2D eigenvalue weighted by molar-refractivity contribution is 0.236. The average molecular weight is 203 g/mol. The van der Waals surface area contributed by atoms with Crippen LogP contribution in [0.25, 0.3) is 0 Å². The average Bonchev–Trinajstić information content (AvgIpc) is 2.16. The second-order valence-electron chi connectivity index (χ2n) is 2.95. The fourth-order valence-electron chi connectivity index (χ4n) is 1.14. The number of carbonyl (C=O) groups excluding carboxylic acids is 1. The normalized spacial score (nSPS) is 13.5. The maximum atomic E-state index is 10.2. The number of hydrogen-bond donors (Lipinski definition) is 0. The summed E-state index contributed by atoms with van der Waals surface area (Å²) in [6.07, 6.45) is 3.33. The molecule has 1 atom stereocenters. The lowest BCUT2D eigenvalue weighted by Crippen LogP contribution is -2.48. The summed E-state index contributed by atoms with van der Waals surface area (Å²) in [5, 5.41) is 0. The second-order valence-corrected chi connectivity index (χ2v) is 6.46. The number of rotatable bonds is 6. The van der Waals surface area contributed by atoms with Crippen LogP contribution in [0.3, 0.4) is 0 Å². The van der Waals surface area contributed by atoms with Gasteiger partial charge in [0.2, 0.25) is 6.08 Å². The fourth-order valence-corrected chi connectivity index (χ4v) is 2.95. The van der Waals surface area contributed by atoms with E-state index >= 15 is 0 Å². The third kappa shape index (κ3) is 3.40. The van der Waals surface area contributed by atoms with Crippen molar-refractivity contribution in [2.45, 2.75) is 32.0 Å². The Morgan fingerprint density at radius 2 is 2.00 bits per heavy atom. The summed E-state index contributed by atoms with van der Waals surface area (Å²) in [6, 6.07) is 0. The monoisotopic (exact) mass is 203 g/mol. The molecular weight excluding hydrogens is 186 g/mol. The molecule has 0 saturated heterocycles. The van der Waals surface area contributed by atoms with Crippen molar-refractivity contribution in [3.63, 3.8) is 0 Å². The van der Waals surface area contributed by atoms with E-state index in [0.717, 1.165) is 12.8 Å². The van der Waals surface area contributed by atoms with Crippen molar-refractivity contribution < 1.29 is 13.6 Å². The predicted molar refractivity (Wildman–Crippen MR) is 52.5 cm³/mol. The van der Waals surface area contributed by atoms with Crippen molar-refractivity contribution in [2.24, 2.45) is 4.99 Å². The minimum Gasteiger partial charge on any atom is -0.397 e. The van der Waals surface area contributed by atoms with Gasteiger partial charge in [0.25, 0.3) is 0 Å². The van der Waals surface area contributed by atoms with Gasteiger partial charge in [0, 0.05) is 14.2 Å². The van der Waals surface area contributed by atoms with Crippen LogP contribution in [0.15, 0.2) is 4.99 Å². The molecule has 0 amide bonds. The van der Waals surface area contributed by atoms with Crippen molar-refractivity contribution >= 4 is 14.6 Å². The lowest BCUT2D eigenvalue weighted by atomic mass is 10.3. The summed E-state index contributed by atoms with van der Waals surface area (Å²) in [6.45, 7) is 3.93. The first-order valence-electron chi connectivity index (χ1n) is 4.31. The molecule has 4 nitrogen and oxygen atoms in total. The standard InChI is InChI=1S/C8H17NO3Si/c1-5-6-8(9-7-10)13(4,11-2)12-3/h8H,5-6H2,1-4H3. The molecule has 76 valence electrons. The zero-order chi connectivity index (χ0) is 10.3. The molecule has 0 rings (SSSR count). The van der Waals surface area contributed by atoms with Crippen molar-refractivity contribution in [3.05, 3.63) is 0 Å². The lowest BCUT2D eigenvalue weighted by Gasteiger charge is -2.27. The first-order valence-corrected chi connectivity index (χ1v) is 6.71. The molecule has 0 radical (unpaired) electrons. The van der Waals surface area contributed by atoms with E-state index in [1.807, 2.05) is 13.5 Å². The van der Waals surface area contributed by atoms with Crippen molar-refractivity contribution in [2.75, 3.05) is 14.2 Å². The Hall–Kier alpha value is -0.483. The first-order chi connectivity index (χ1) is 6.14. The molecule has 0 aliphatic heterocycles. The van der Waals surface area contributed by atoms with Gasteiger partial charge in [-0.3, -0.25) is 0 Å². The van der Waals surface area contributed by atoms with Gasteiger partial charge in [-0.15, -0.1) is 0 Å². The van der Waals surface area contributed by atoms with E-state index < -0.39 is 8.56 Å².